The lowest BCUT2D eigenvalue weighted by Gasteiger charge is -2.11. The zero-order chi connectivity index (χ0) is 31.9. The minimum atomic E-state index is -5.15. The van der Waals surface area contributed by atoms with Crippen molar-refractivity contribution in [1.29, 1.82) is 0 Å². The van der Waals surface area contributed by atoms with Crippen molar-refractivity contribution in [3.8, 4) is 0 Å². The van der Waals surface area contributed by atoms with Crippen molar-refractivity contribution in [1.82, 2.24) is 15.0 Å². The molecule has 0 atom stereocenters. The van der Waals surface area contributed by atoms with Crippen LogP contribution in [0.1, 0.15) is 6.92 Å². The van der Waals surface area contributed by atoms with Gasteiger partial charge in [-0.15, -0.1) is 10.2 Å². The molecule has 4 aromatic rings. The molecule has 18 nitrogen and oxygen atoms in total. The van der Waals surface area contributed by atoms with Crippen LogP contribution in [0.3, 0.4) is 0 Å². The summed E-state index contributed by atoms with van der Waals surface area (Å²) >= 11 is 5.77. The monoisotopic (exact) mass is 672 g/mol. The lowest BCUT2D eigenvalue weighted by Crippen LogP contribution is -2.07. The fourth-order valence-corrected chi connectivity index (χ4v) is 5.77. The SMILES string of the molecule is CC(=O)Nc1cc(Nc2nc(N)nc(Cl)n2)ccc1N=Nc1cc2c(S(=O)(=O)O)cc(S(=O)(=O)O)cc2cc1S(=O)(=O)O. The zero-order valence-electron chi connectivity index (χ0n) is 21.2. The standard InChI is InChI=1S/C21H17ClN8O10S3/c1-9(31)24-15-6-11(25-21-27-19(22)26-20(23)28-21)2-3-14(15)29-30-16-8-13-10(5-18(16)43(38,39)40)4-12(41(32,33)34)7-17(13)42(35,36)37/h2-8H,1H3,(H,24,31)(H,32,33,34)(H,35,36,37)(H,38,39,40)(H3,23,25,26,27,28). The maximum atomic E-state index is 12.2. The number of amides is 1. The van der Waals surface area contributed by atoms with E-state index in [0.717, 1.165) is 6.07 Å². The van der Waals surface area contributed by atoms with E-state index in [2.05, 4.69) is 35.8 Å². The molecule has 0 saturated heterocycles. The second-order valence-corrected chi connectivity index (χ2v) is 13.0. The largest absolute Gasteiger partial charge is 0.368 e. The zero-order valence-corrected chi connectivity index (χ0v) is 24.4. The Hall–Kier alpha value is -4.38. The van der Waals surface area contributed by atoms with E-state index in [4.69, 9.17) is 17.3 Å². The van der Waals surface area contributed by atoms with Crippen LogP contribution in [0.4, 0.5) is 34.6 Å². The molecule has 0 saturated carbocycles. The van der Waals surface area contributed by atoms with E-state index in [0.29, 0.717) is 23.9 Å². The van der Waals surface area contributed by atoms with Gasteiger partial charge in [-0.25, -0.2) is 0 Å². The number of nitrogen functional groups attached to an aromatic ring is 1. The number of nitrogens with one attached hydrogen (secondary N) is 2. The third-order valence-corrected chi connectivity index (χ3v) is 8.05. The highest BCUT2D eigenvalue weighted by atomic mass is 35.5. The van der Waals surface area contributed by atoms with Gasteiger partial charge in [-0.1, -0.05) is 0 Å². The molecule has 0 spiro atoms. The fourth-order valence-electron chi connectivity index (χ4n) is 3.61. The average Bonchev–Trinajstić information content (AvgIpc) is 2.84. The Kier molecular flexibility index (Phi) is 8.34. The highest BCUT2D eigenvalue weighted by molar-refractivity contribution is 7.87. The number of nitrogens with zero attached hydrogens (tertiary/aromatic N) is 5. The van der Waals surface area contributed by atoms with Crippen molar-refractivity contribution in [2.45, 2.75) is 21.6 Å². The number of aromatic nitrogens is 3. The highest BCUT2D eigenvalue weighted by Gasteiger charge is 2.24. The Bertz CT molecular complexity index is 2160. The number of benzene rings is 3. The van der Waals surface area contributed by atoms with Crippen LogP contribution in [-0.4, -0.2) is 59.8 Å². The highest BCUT2D eigenvalue weighted by Crippen LogP contribution is 2.37. The Balaban J connectivity index is 1.88. The average molecular weight is 673 g/mol. The second kappa shape index (κ2) is 11.4. The molecular formula is C21H17ClN8O10S3. The maximum absolute atomic E-state index is 12.2. The van der Waals surface area contributed by atoms with Crippen LogP contribution in [0.25, 0.3) is 10.8 Å². The molecule has 0 radical (unpaired) electrons. The second-order valence-electron chi connectivity index (χ2n) is 8.41. The van der Waals surface area contributed by atoms with Gasteiger partial charge in [0, 0.05) is 18.0 Å². The molecule has 4 rings (SSSR count). The predicted octanol–water partition coefficient (Wildman–Crippen LogP) is 3.12. The van der Waals surface area contributed by atoms with Gasteiger partial charge in [0.2, 0.25) is 23.1 Å². The number of fused-ring (bicyclic) bond motifs is 1. The maximum Gasteiger partial charge on any atom is 0.296 e. The summed E-state index contributed by atoms with van der Waals surface area (Å²) in [6.45, 7) is 1.19. The molecule has 0 aliphatic rings. The van der Waals surface area contributed by atoms with Crippen LogP contribution in [0, 0.1) is 0 Å². The summed E-state index contributed by atoms with van der Waals surface area (Å²) in [6, 6.07) is 6.71. The molecule has 7 N–H and O–H groups in total. The predicted molar refractivity (Wildman–Crippen MR) is 151 cm³/mol. The van der Waals surface area contributed by atoms with Crippen LogP contribution in [0.5, 0.6) is 0 Å². The summed E-state index contributed by atoms with van der Waals surface area (Å²) in [4.78, 5) is 20.2. The number of nitrogens with two attached hydrogens (primary N) is 1. The third kappa shape index (κ3) is 7.53. The van der Waals surface area contributed by atoms with E-state index in [1.54, 1.807) is 0 Å². The molecule has 226 valence electrons. The number of halogens is 1. The van der Waals surface area contributed by atoms with Gasteiger partial charge in [0.25, 0.3) is 30.4 Å². The smallest absolute Gasteiger partial charge is 0.296 e. The van der Waals surface area contributed by atoms with Gasteiger partial charge in [0.1, 0.15) is 21.2 Å². The van der Waals surface area contributed by atoms with Crippen molar-refractivity contribution < 1.29 is 43.7 Å². The summed E-state index contributed by atoms with van der Waals surface area (Å²) in [5.74, 6) is -0.759. The van der Waals surface area contributed by atoms with Gasteiger partial charge >= 0.3 is 0 Å². The van der Waals surface area contributed by atoms with E-state index in [-0.39, 0.29) is 28.6 Å². The molecule has 0 aliphatic heterocycles. The summed E-state index contributed by atoms with van der Waals surface area (Å²) in [5, 5.41) is 11.9. The van der Waals surface area contributed by atoms with Crippen LogP contribution in [0.2, 0.25) is 5.28 Å². The fraction of sp³-hybridized carbons (Fsp3) is 0.0476. The number of azo groups is 1. The summed E-state index contributed by atoms with van der Waals surface area (Å²) in [5.41, 5.74) is 5.16. The summed E-state index contributed by atoms with van der Waals surface area (Å²) in [6.07, 6.45) is 0. The molecule has 1 amide bonds. The van der Waals surface area contributed by atoms with E-state index in [9.17, 15) is 43.7 Å². The minimum Gasteiger partial charge on any atom is -0.368 e. The van der Waals surface area contributed by atoms with E-state index in [1.807, 2.05) is 0 Å². The third-order valence-electron chi connectivity index (χ3n) is 5.28. The first-order valence-electron chi connectivity index (χ1n) is 11.1. The van der Waals surface area contributed by atoms with Crippen LogP contribution in [-0.2, 0) is 35.1 Å². The molecule has 1 aromatic heterocycles. The lowest BCUT2D eigenvalue weighted by atomic mass is 10.1. The first kappa shape index (κ1) is 31.6. The van der Waals surface area contributed by atoms with Gasteiger partial charge < -0.3 is 16.4 Å². The quantitative estimate of drug-likeness (QED) is 0.116. The van der Waals surface area contributed by atoms with Gasteiger partial charge in [-0.05, 0) is 59.5 Å². The van der Waals surface area contributed by atoms with Crippen molar-refractivity contribution in [2.75, 3.05) is 16.4 Å². The number of hydrogen-bond donors (Lipinski definition) is 6. The van der Waals surface area contributed by atoms with Crippen molar-refractivity contribution >= 4 is 93.3 Å². The summed E-state index contributed by atoms with van der Waals surface area (Å²) in [7, 11) is -15.3. The molecule has 0 fully saturated rings. The Morgan fingerprint density at radius 1 is 0.837 bits per heavy atom. The number of carbonyl (C=O) groups is 1. The van der Waals surface area contributed by atoms with Crippen LogP contribution < -0.4 is 16.4 Å². The molecule has 0 unspecified atom stereocenters. The van der Waals surface area contributed by atoms with E-state index >= 15 is 0 Å². The molecule has 3 aromatic carbocycles. The molecule has 0 aliphatic carbocycles. The van der Waals surface area contributed by atoms with E-state index < -0.39 is 67.4 Å². The number of carbonyl (C=O) groups excluding carboxylic acids is 1. The Morgan fingerprint density at radius 2 is 1.49 bits per heavy atom. The number of anilines is 4. The van der Waals surface area contributed by atoms with Crippen molar-refractivity contribution in [3.05, 3.63) is 47.7 Å². The molecule has 0 bridgehead atoms. The molecule has 1 heterocycles. The number of rotatable bonds is 8. The minimum absolute atomic E-state index is 0.0278. The van der Waals surface area contributed by atoms with Crippen LogP contribution in [0.15, 0.2) is 67.4 Å². The molecule has 43 heavy (non-hydrogen) atoms. The van der Waals surface area contributed by atoms with Gasteiger partial charge in [0.15, 0.2) is 0 Å². The lowest BCUT2D eigenvalue weighted by molar-refractivity contribution is -0.114. The topological polar surface area (TPSA) is 294 Å². The van der Waals surface area contributed by atoms with Gasteiger partial charge in [-0.2, -0.15) is 40.2 Å². The Labute approximate surface area is 247 Å². The summed E-state index contributed by atoms with van der Waals surface area (Å²) < 4.78 is 101. The van der Waals surface area contributed by atoms with Gasteiger partial charge in [0.05, 0.1) is 10.6 Å². The van der Waals surface area contributed by atoms with E-state index in [1.165, 1.54) is 25.1 Å². The van der Waals surface area contributed by atoms with Crippen molar-refractivity contribution in [2.24, 2.45) is 10.2 Å². The molecule has 22 heteroatoms. The first-order chi connectivity index (χ1) is 19.8. The first-order valence-corrected chi connectivity index (χ1v) is 15.8. The normalized spacial score (nSPS) is 12.5. The molecular weight excluding hydrogens is 656 g/mol. The van der Waals surface area contributed by atoms with Crippen LogP contribution >= 0.6 is 11.6 Å². The van der Waals surface area contributed by atoms with Gasteiger partial charge in [-0.3, -0.25) is 18.5 Å². The number of hydrogen-bond acceptors (Lipinski definition) is 14. The Morgan fingerprint density at radius 3 is 2.07 bits per heavy atom. The van der Waals surface area contributed by atoms with Crippen molar-refractivity contribution in [3.63, 3.8) is 0 Å².